The molecule has 1 N–H and O–H groups in total. The number of hydrogen-bond acceptors (Lipinski definition) is 3. The SMILES string of the molecule is CCCCCCC(CC(=O)Nc1ccccc1)CC(C)[N+](=O)[O-]. The van der Waals surface area contributed by atoms with Gasteiger partial charge in [0.25, 0.3) is 0 Å². The van der Waals surface area contributed by atoms with Crippen molar-refractivity contribution >= 4 is 11.6 Å². The first-order chi connectivity index (χ1) is 11.0. The van der Waals surface area contributed by atoms with Crippen LogP contribution >= 0.6 is 0 Å². The summed E-state index contributed by atoms with van der Waals surface area (Å²) in [6, 6.07) is 8.71. The van der Waals surface area contributed by atoms with Crippen molar-refractivity contribution in [3.05, 3.63) is 40.4 Å². The van der Waals surface area contributed by atoms with E-state index >= 15 is 0 Å². The van der Waals surface area contributed by atoms with Crippen molar-refractivity contribution in [2.45, 2.75) is 64.8 Å². The lowest BCUT2D eigenvalue weighted by Gasteiger charge is -2.17. The van der Waals surface area contributed by atoms with Gasteiger partial charge in [-0.2, -0.15) is 0 Å². The van der Waals surface area contributed by atoms with Crippen molar-refractivity contribution in [1.29, 1.82) is 0 Å². The number of rotatable bonds is 11. The fourth-order valence-electron chi connectivity index (χ4n) is 2.73. The van der Waals surface area contributed by atoms with Crippen molar-refractivity contribution in [1.82, 2.24) is 0 Å². The van der Waals surface area contributed by atoms with Gasteiger partial charge in [0.15, 0.2) is 0 Å². The van der Waals surface area contributed by atoms with Crippen molar-refractivity contribution < 1.29 is 9.72 Å². The van der Waals surface area contributed by atoms with E-state index in [4.69, 9.17) is 0 Å². The Morgan fingerprint density at radius 3 is 2.52 bits per heavy atom. The molecule has 2 unspecified atom stereocenters. The van der Waals surface area contributed by atoms with Crippen LogP contribution in [0.4, 0.5) is 5.69 Å². The molecule has 0 fully saturated rings. The van der Waals surface area contributed by atoms with E-state index in [1.54, 1.807) is 6.92 Å². The minimum Gasteiger partial charge on any atom is -0.326 e. The molecule has 1 aromatic rings. The molecule has 0 bridgehead atoms. The Balaban J connectivity index is 2.52. The number of carbonyl (C=O) groups excluding carboxylic acids is 1. The molecule has 0 aliphatic rings. The summed E-state index contributed by atoms with van der Waals surface area (Å²) in [7, 11) is 0. The Labute approximate surface area is 138 Å². The Morgan fingerprint density at radius 1 is 1.22 bits per heavy atom. The molecule has 5 nitrogen and oxygen atoms in total. The van der Waals surface area contributed by atoms with Gasteiger partial charge in [-0.05, 0) is 24.5 Å². The summed E-state index contributed by atoms with van der Waals surface area (Å²) >= 11 is 0. The maximum Gasteiger partial charge on any atom is 0.224 e. The zero-order valence-corrected chi connectivity index (χ0v) is 14.2. The van der Waals surface area contributed by atoms with Crippen molar-refractivity contribution in [3.8, 4) is 0 Å². The van der Waals surface area contributed by atoms with Crippen LogP contribution in [0, 0.1) is 16.0 Å². The standard InChI is InChI=1S/C18H28N2O3/c1-3-4-5-7-10-16(13-15(2)20(22)23)14-18(21)19-17-11-8-6-9-12-17/h6,8-9,11-12,15-16H,3-5,7,10,13-14H2,1-2H3,(H,19,21). The molecule has 0 saturated heterocycles. The number of benzene rings is 1. The third kappa shape index (κ3) is 8.33. The zero-order valence-electron chi connectivity index (χ0n) is 14.2. The van der Waals surface area contributed by atoms with Crippen LogP contribution in [0.3, 0.4) is 0 Å². The molecule has 23 heavy (non-hydrogen) atoms. The number of unbranched alkanes of at least 4 members (excludes halogenated alkanes) is 3. The Morgan fingerprint density at radius 2 is 1.91 bits per heavy atom. The first kappa shape index (κ1) is 19.1. The second-order valence-corrected chi connectivity index (χ2v) is 6.20. The fourth-order valence-corrected chi connectivity index (χ4v) is 2.73. The molecule has 0 heterocycles. The van der Waals surface area contributed by atoms with Crippen LogP contribution in [0.5, 0.6) is 0 Å². The van der Waals surface area contributed by atoms with E-state index in [0.717, 1.165) is 31.4 Å². The lowest BCUT2D eigenvalue weighted by molar-refractivity contribution is -0.520. The molecular formula is C18H28N2O3. The van der Waals surface area contributed by atoms with E-state index in [-0.39, 0.29) is 16.7 Å². The van der Waals surface area contributed by atoms with Gasteiger partial charge in [-0.3, -0.25) is 14.9 Å². The molecule has 0 saturated carbocycles. The van der Waals surface area contributed by atoms with E-state index in [1.165, 1.54) is 6.42 Å². The number of hydrogen-bond donors (Lipinski definition) is 1. The van der Waals surface area contributed by atoms with E-state index < -0.39 is 6.04 Å². The molecule has 0 aliphatic heterocycles. The predicted octanol–water partition coefficient (Wildman–Crippen LogP) is 4.66. The molecule has 128 valence electrons. The summed E-state index contributed by atoms with van der Waals surface area (Å²) in [6.45, 7) is 3.77. The molecule has 1 amide bonds. The number of anilines is 1. The summed E-state index contributed by atoms with van der Waals surface area (Å²) in [5, 5.41) is 13.8. The summed E-state index contributed by atoms with van der Waals surface area (Å²) < 4.78 is 0. The number of nitro groups is 1. The van der Waals surface area contributed by atoms with Gasteiger partial charge in [0.05, 0.1) is 0 Å². The van der Waals surface area contributed by atoms with E-state index in [2.05, 4.69) is 12.2 Å². The minimum atomic E-state index is -0.601. The molecule has 0 aliphatic carbocycles. The predicted molar refractivity (Wildman–Crippen MR) is 93.0 cm³/mol. The highest BCUT2D eigenvalue weighted by Gasteiger charge is 2.22. The summed E-state index contributed by atoms with van der Waals surface area (Å²) in [5.41, 5.74) is 0.768. The number of amides is 1. The van der Waals surface area contributed by atoms with Crippen LogP contribution in [0.25, 0.3) is 0 Å². The average Bonchev–Trinajstić information content (AvgIpc) is 2.52. The second-order valence-electron chi connectivity index (χ2n) is 6.20. The monoisotopic (exact) mass is 320 g/mol. The first-order valence-electron chi connectivity index (χ1n) is 8.51. The van der Waals surface area contributed by atoms with Crippen LogP contribution in [0.2, 0.25) is 0 Å². The summed E-state index contributed by atoms with van der Waals surface area (Å²) in [4.78, 5) is 22.8. The number of nitrogens with one attached hydrogen (secondary N) is 1. The summed E-state index contributed by atoms with van der Waals surface area (Å²) in [6.07, 6.45) is 6.17. The molecule has 0 aromatic heterocycles. The lowest BCUT2D eigenvalue weighted by atomic mass is 9.91. The van der Waals surface area contributed by atoms with Gasteiger partial charge >= 0.3 is 0 Å². The van der Waals surface area contributed by atoms with Crippen LogP contribution in [-0.4, -0.2) is 16.9 Å². The minimum absolute atomic E-state index is 0.0627. The highest BCUT2D eigenvalue weighted by molar-refractivity contribution is 5.90. The molecule has 1 aromatic carbocycles. The Kier molecular flexibility index (Phi) is 8.95. The van der Waals surface area contributed by atoms with E-state index in [1.807, 2.05) is 30.3 Å². The Hall–Kier alpha value is -1.91. The smallest absolute Gasteiger partial charge is 0.224 e. The maximum atomic E-state index is 12.2. The quantitative estimate of drug-likeness (QED) is 0.366. The normalized spacial score (nSPS) is 13.3. The third-order valence-electron chi connectivity index (χ3n) is 4.03. The second kappa shape index (κ2) is 10.8. The molecule has 2 atom stereocenters. The van der Waals surface area contributed by atoms with Crippen LogP contribution in [0.15, 0.2) is 30.3 Å². The highest BCUT2D eigenvalue weighted by atomic mass is 16.6. The first-order valence-corrected chi connectivity index (χ1v) is 8.51. The van der Waals surface area contributed by atoms with Crippen LogP contribution in [0.1, 0.15) is 58.8 Å². The topological polar surface area (TPSA) is 72.2 Å². The summed E-state index contributed by atoms with van der Waals surface area (Å²) in [5.74, 6) is 0.00297. The van der Waals surface area contributed by atoms with Gasteiger partial charge in [0.1, 0.15) is 0 Å². The van der Waals surface area contributed by atoms with E-state index in [0.29, 0.717) is 12.8 Å². The molecule has 1 rings (SSSR count). The zero-order chi connectivity index (χ0) is 17.1. The fraction of sp³-hybridized carbons (Fsp3) is 0.611. The van der Waals surface area contributed by atoms with Gasteiger partial charge in [0, 0.05) is 30.4 Å². The molecular weight excluding hydrogens is 292 g/mol. The third-order valence-corrected chi connectivity index (χ3v) is 4.03. The van der Waals surface area contributed by atoms with Gasteiger partial charge in [0.2, 0.25) is 11.9 Å². The average molecular weight is 320 g/mol. The van der Waals surface area contributed by atoms with E-state index in [9.17, 15) is 14.9 Å². The van der Waals surface area contributed by atoms with Crippen molar-refractivity contribution in [2.24, 2.45) is 5.92 Å². The molecule has 5 heteroatoms. The van der Waals surface area contributed by atoms with Crippen LogP contribution < -0.4 is 5.32 Å². The number of nitrogens with zero attached hydrogens (tertiary/aromatic N) is 1. The van der Waals surface area contributed by atoms with Gasteiger partial charge in [-0.15, -0.1) is 0 Å². The Bertz CT molecular complexity index is 476. The largest absolute Gasteiger partial charge is 0.326 e. The highest BCUT2D eigenvalue weighted by Crippen LogP contribution is 2.22. The van der Waals surface area contributed by atoms with Crippen molar-refractivity contribution in [2.75, 3.05) is 5.32 Å². The van der Waals surface area contributed by atoms with Crippen LogP contribution in [-0.2, 0) is 4.79 Å². The van der Waals surface area contributed by atoms with Gasteiger partial charge in [-0.25, -0.2) is 0 Å². The van der Waals surface area contributed by atoms with Crippen molar-refractivity contribution in [3.63, 3.8) is 0 Å². The molecule has 0 radical (unpaired) electrons. The number of carbonyl (C=O) groups is 1. The van der Waals surface area contributed by atoms with Gasteiger partial charge in [-0.1, -0.05) is 50.8 Å². The number of para-hydroxylation sites is 1. The lowest BCUT2D eigenvalue weighted by Crippen LogP contribution is -2.23. The molecule has 0 spiro atoms. The maximum absolute atomic E-state index is 12.2. The van der Waals surface area contributed by atoms with Gasteiger partial charge < -0.3 is 5.32 Å².